The van der Waals surface area contributed by atoms with Gasteiger partial charge in [-0.1, -0.05) is 25.6 Å². The molecule has 0 aliphatic rings. The molecule has 24 heavy (non-hydrogen) atoms. The largest absolute Gasteiger partial charge is 0.467 e. The van der Waals surface area contributed by atoms with Gasteiger partial charge < -0.3 is 19.0 Å². The first kappa shape index (κ1) is 18.1. The summed E-state index contributed by atoms with van der Waals surface area (Å²) in [5.74, 6) is -0.0854. The number of thioether (sulfide) groups is 1. The number of nitrogens with one attached hydrogen (secondary N) is 1. The average molecular weight is 351 g/mol. The van der Waals surface area contributed by atoms with Gasteiger partial charge in [0.15, 0.2) is 16.7 Å². The molecule has 0 aromatic carbocycles. The van der Waals surface area contributed by atoms with Crippen molar-refractivity contribution < 1.29 is 18.7 Å². The highest BCUT2D eigenvalue weighted by Gasteiger charge is 2.26. The number of ether oxygens (including phenoxy) is 1. The number of hydrogen-bond donors (Lipinski definition) is 1. The van der Waals surface area contributed by atoms with Crippen LogP contribution in [0.25, 0.3) is 0 Å². The first-order valence-electron chi connectivity index (χ1n) is 7.62. The second-order valence-electron chi connectivity index (χ2n) is 5.33. The van der Waals surface area contributed by atoms with Crippen LogP contribution in [0.3, 0.4) is 0 Å². The molecule has 0 fully saturated rings. The molecule has 1 N–H and O–H groups in total. The summed E-state index contributed by atoms with van der Waals surface area (Å²) in [6, 6.07) is 3.59. The number of nitrogens with zero attached hydrogens (tertiary/aromatic N) is 2. The standard InChI is InChI=1S/C16H21N3O4S/c1-5-22-15(21)12-13(17-14(20)10(2)3)18-16(24-4)19(12)9-11-7-6-8-23-11/h6-8,10H,5,9H2,1-4H3,(H,17,20). The summed E-state index contributed by atoms with van der Waals surface area (Å²) in [7, 11) is 0. The van der Waals surface area contributed by atoms with Crippen molar-refractivity contribution in [1.29, 1.82) is 0 Å². The van der Waals surface area contributed by atoms with Gasteiger partial charge in [-0.2, -0.15) is 0 Å². The van der Waals surface area contributed by atoms with E-state index in [0.29, 0.717) is 17.5 Å². The van der Waals surface area contributed by atoms with E-state index in [9.17, 15) is 9.59 Å². The van der Waals surface area contributed by atoms with Gasteiger partial charge in [0.05, 0.1) is 19.4 Å². The summed E-state index contributed by atoms with van der Waals surface area (Å²) in [6.07, 6.45) is 3.42. The SMILES string of the molecule is CCOC(=O)c1c(NC(=O)C(C)C)nc(SC)n1Cc1ccco1. The van der Waals surface area contributed by atoms with Crippen molar-refractivity contribution in [3.05, 3.63) is 29.9 Å². The molecule has 0 saturated heterocycles. The van der Waals surface area contributed by atoms with Crippen molar-refractivity contribution in [2.75, 3.05) is 18.2 Å². The zero-order chi connectivity index (χ0) is 17.7. The number of furan rings is 1. The molecule has 1 amide bonds. The molecule has 2 heterocycles. The lowest BCUT2D eigenvalue weighted by Gasteiger charge is -2.10. The molecule has 0 aliphatic carbocycles. The number of anilines is 1. The Morgan fingerprint density at radius 1 is 1.46 bits per heavy atom. The van der Waals surface area contributed by atoms with Crippen LogP contribution in [-0.2, 0) is 16.1 Å². The number of hydrogen-bond acceptors (Lipinski definition) is 6. The number of carbonyl (C=O) groups is 2. The number of imidazole rings is 1. The topological polar surface area (TPSA) is 86.4 Å². The second-order valence-corrected chi connectivity index (χ2v) is 6.10. The van der Waals surface area contributed by atoms with Crippen LogP contribution in [0.5, 0.6) is 0 Å². The third-order valence-electron chi connectivity index (χ3n) is 3.24. The van der Waals surface area contributed by atoms with Crippen LogP contribution in [0.1, 0.15) is 37.0 Å². The van der Waals surface area contributed by atoms with Crippen molar-refractivity contribution in [2.24, 2.45) is 5.92 Å². The maximum atomic E-state index is 12.4. The Kier molecular flexibility index (Phi) is 6.08. The molecule has 2 aromatic rings. The minimum atomic E-state index is -0.532. The van der Waals surface area contributed by atoms with E-state index < -0.39 is 5.97 Å². The summed E-state index contributed by atoms with van der Waals surface area (Å²) < 4.78 is 12.2. The molecule has 0 radical (unpaired) electrons. The van der Waals surface area contributed by atoms with Gasteiger partial charge in [-0.15, -0.1) is 0 Å². The lowest BCUT2D eigenvalue weighted by Crippen LogP contribution is -2.21. The van der Waals surface area contributed by atoms with Gasteiger partial charge in [-0.3, -0.25) is 4.79 Å². The van der Waals surface area contributed by atoms with E-state index >= 15 is 0 Å². The fourth-order valence-corrected chi connectivity index (χ4v) is 2.61. The summed E-state index contributed by atoms with van der Waals surface area (Å²) >= 11 is 1.37. The number of rotatable bonds is 7. The summed E-state index contributed by atoms with van der Waals surface area (Å²) in [6.45, 7) is 5.83. The van der Waals surface area contributed by atoms with E-state index in [2.05, 4.69) is 10.3 Å². The molecule has 0 unspecified atom stereocenters. The van der Waals surface area contributed by atoms with Gasteiger partial charge in [0.1, 0.15) is 5.76 Å². The van der Waals surface area contributed by atoms with Gasteiger partial charge in [0.2, 0.25) is 5.91 Å². The van der Waals surface area contributed by atoms with Crippen molar-refractivity contribution in [1.82, 2.24) is 9.55 Å². The second kappa shape index (κ2) is 8.05. The van der Waals surface area contributed by atoms with Gasteiger partial charge in [0.25, 0.3) is 0 Å². The summed E-state index contributed by atoms with van der Waals surface area (Å²) in [5, 5.41) is 3.30. The molecule has 0 atom stereocenters. The third kappa shape index (κ3) is 4.00. The monoisotopic (exact) mass is 351 g/mol. The van der Waals surface area contributed by atoms with Crippen molar-refractivity contribution in [3.63, 3.8) is 0 Å². The molecule has 7 nitrogen and oxygen atoms in total. The van der Waals surface area contributed by atoms with E-state index in [1.165, 1.54) is 11.8 Å². The normalized spacial score (nSPS) is 10.9. The Bertz CT molecular complexity index is 707. The minimum absolute atomic E-state index is 0.211. The summed E-state index contributed by atoms with van der Waals surface area (Å²) in [5.41, 5.74) is 0.214. The average Bonchev–Trinajstić information content (AvgIpc) is 3.15. The fourth-order valence-electron chi connectivity index (χ4n) is 2.05. The highest BCUT2D eigenvalue weighted by atomic mass is 32.2. The Hall–Kier alpha value is -2.22. The maximum Gasteiger partial charge on any atom is 0.358 e. The smallest absolute Gasteiger partial charge is 0.358 e. The molecule has 0 spiro atoms. The third-order valence-corrected chi connectivity index (χ3v) is 3.92. The highest BCUT2D eigenvalue weighted by Crippen LogP contribution is 2.26. The molecule has 8 heteroatoms. The lowest BCUT2D eigenvalue weighted by atomic mass is 10.2. The van der Waals surface area contributed by atoms with Crippen LogP contribution in [0.15, 0.2) is 28.0 Å². The molecular formula is C16H21N3O4S. The molecule has 0 saturated carbocycles. The number of esters is 1. The fraction of sp³-hybridized carbons (Fsp3) is 0.438. The van der Waals surface area contributed by atoms with Crippen LogP contribution in [-0.4, -0.2) is 34.3 Å². The van der Waals surface area contributed by atoms with Gasteiger partial charge in [0, 0.05) is 5.92 Å². The Labute approximate surface area is 144 Å². The predicted molar refractivity (Wildman–Crippen MR) is 91.2 cm³/mol. The highest BCUT2D eigenvalue weighted by molar-refractivity contribution is 7.98. The summed E-state index contributed by atoms with van der Waals surface area (Å²) in [4.78, 5) is 28.8. The van der Waals surface area contributed by atoms with Crippen LogP contribution in [0.2, 0.25) is 0 Å². The minimum Gasteiger partial charge on any atom is -0.467 e. The van der Waals surface area contributed by atoms with E-state index in [-0.39, 0.29) is 29.9 Å². The van der Waals surface area contributed by atoms with E-state index in [0.717, 1.165) is 0 Å². The predicted octanol–water partition coefficient (Wildman–Crippen LogP) is 3.02. The Morgan fingerprint density at radius 2 is 2.21 bits per heavy atom. The first-order chi connectivity index (χ1) is 11.5. The molecule has 2 rings (SSSR count). The number of aromatic nitrogens is 2. The van der Waals surface area contributed by atoms with Crippen molar-refractivity contribution >= 4 is 29.5 Å². The molecular weight excluding hydrogens is 330 g/mol. The number of amides is 1. The van der Waals surface area contributed by atoms with Crippen LogP contribution < -0.4 is 5.32 Å². The first-order valence-corrected chi connectivity index (χ1v) is 8.85. The van der Waals surface area contributed by atoms with Gasteiger partial charge >= 0.3 is 5.97 Å². The van der Waals surface area contributed by atoms with Crippen LogP contribution in [0.4, 0.5) is 5.82 Å². The maximum absolute atomic E-state index is 12.4. The Morgan fingerprint density at radius 3 is 2.75 bits per heavy atom. The zero-order valence-electron chi connectivity index (χ0n) is 14.2. The lowest BCUT2D eigenvalue weighted by molar-refractivity contribution is -0.118. The van der Waals surface area contributed by atoms with Crippen LogP contribution in [0, 0.1) is 5.92 Å². The quantitative estimate of drug-likeness (QED) is 0.609. The van der Waals surface area contributed by atoms with Crippen molar-refractivity contribution in [2.45, 2.75) is 32.5 Å². The molecule has 0 aliphatic heterocycles. The van der Waals surface area contributed by atoms with Gasteiger partial charge in [-0.25, -0.2) is 9.78 Å². The zero-order valence-corrected chi connectivity index (χ0v) is 15.0. The van der Waals surface area contributed by atoms with E-state index in [1.54, 1.807) is 37.7 Å². The van der Waals surface area contributed by atoms with E-state index in [4.69, 9.17) is 9.15 Å². The number of carbonyl (C=O) groups excluding carboxylic acids is 2. The molecule has 130 valence electrons. The van der Waals surface area contributed by atoms with E-state index in [1.807, 2.05) is 12.3 Å². The molecule has 2 aromatic heterocycles. The van der Waals surface area contributed by atoms with Crippen LogP contribution >= 0.6 is 11.8 Å². The van der Waals surface area contributed by atoms with Gasteiger partial charge in [-0.05, 0) is 25.3 Å². The van der Waals surface area contributed by atoms with Crippen molar-refractivity contribution in [3.8, 4) is 0 Å². The Balaban J connectivity index is 2.47. The molecule has 0 bridgehead atoms.